The summed E-state index contributed by atoms with van der Waals surface area (Å²) < 4.78 is 5.09. The Kier molecular flexibility index (Phi) is 4.78. The maximum absolute atomic E-state index is 13.0. The molecule has 2 aromatic rings. The minimum Gasteiger partial charge on any atom is -0.459 e. The molecular formula is C21H24N2O3. The van der Waals surface area contributed by atoms with E-state index >= 15 is 0 Å². The van der Waals surface area contributed by atoms with Gasteiger partial charge in [0.1, 0.15) is 0 Å². The lowest BCUT2D eigenvalue weighted by Crippen LogP contribution is -2.49. The first-order valence-electron chi connectivity index (χ1n) is 9.48. The number of nitrogens with one attached hydrogen (secondary N) is 1. The van der Waals surface area contributed by atoms with Crippen molar-refractivity contribution in [2.45, 2.75) is 44.6 Å². The van der Waals surface area contributed by atoms with Crippen LogP contribution in [-0.2, 0) is 0 Å². The number of likely N-dealkylation sites (tertiary alicyclic amines) is 1. The van der Waals surface area contributed by atoms with Crippen LogP contribution in [0.5, 0.6) is 0 Å². The summed E-state index contributed by atoms with van der Waals surface area (Å²) in [5, 5.41) is 2.78. The minimum absolute atomic E-state index is 0.116. The Bertz CT molecular complexity index is 765. The van der Waals surface area contributed by atoms with E-state index in [0.29, 0.717) is 23.2 Å². The van der Waals surface area contributed by atoms with Gasteiger partial charge in [0.25, 0.3) is 11.8 Å². The molecule has 2 amide bonds. The lowest BCUT2D eigenvalue weighted by atomic mass is 9.78. The first-order valence-corrected chi connectivity index (χ1v) is 9.48. The summed E-state index contributed by atoms with van der Waals surface area (Å²) in [6, 6.07) is 10.8. The molecule has 0 spiro atoms. The van der Waals surface area contributed by atoms with Gasteiger partial charge >= 0.3 is 0 Å². The third kappa shape index (κ3) is 3.39. The van der Waals surface area contributed by atoms with Crippen LogP contribution in [0.15, 0.2) is 47.1 Å². The van der Waals surface area contributed by atoms with Crippen LogP contribution < -0.4 is 5.32 Å². The Morgan fingerprint density at radius 2 is 1.77 bits per heavy atom. The van der Waals surface area contributed by atoms with Crippen LogP contribution in [0, 0.1) is 5.92 Å². The largest absolute Gasteiger partial charge is 0.459 e. The van der Waals surface area contributed by atoms with Crippen molar-refractivity contribution in [3.8, 4) is 0 Å². The number of benzene rings is 1. The molecule has 26 heavy (non-hydrogen) atoms. The van der Waals surface area contributed by atoms with E-state index in [1.165, 1.54) is 31.9 Å². The van der Waals surface area contributed by atoms with Crippen molar-refractivity contribution < 1.29 is 14.0 Å². The number of fused-ring (bicyclic) bond motifs is 1. The van der Waals surface area contributed by atoms with Crippen molar-refractivity contribution in [2.24, 2.45) is 5.92 Å². The maximum atomic E-state index is 13.0. The van der Waals surface area contributed by atoms with Gasteiger partial charge in [-0.3, -0.25) is 9.59 Å². The highest BCUT2D eigenvalue weighted by molar-refractivity contribution is 6.02. The zero-order valence-electron chi connectivity index (χ0n) is 14.8. The van der Waals surface area contributed by atoms with Crippen LogP contribution in [0.3, 0.4) is 0 Å². The van der Waals surface area contributed by atoms with Gasteiger partial charge in [-0.05, 0) is 68.0 Å². The molecule has 0 radical (unpaired) electrons. The van der Waals surface area contributed by atoms with E-state index in [1.54, 1.807) is 36.4 Å². The number of amides is 2. The van der Waals surface area contributed by atoms with Crippen LogP contribution in [0.2, 0.25) is 0 Å². The summed E-state index contributed by atoms with van der Waals surface area (Å²) >= 11 is 0. The first-order chi connectivity index (χ1) is 12.7. The molecule has 5 heteroatoms. The highest BCUT2D eigenvalue weighted by Crippen LogP contribution is 2.36. The highest BCUT2D eigenvalue weighted by Gasteiger charge is 2.35. The summed E-state index contributed by atoms with van der Waals surface area (Å²) in [6.07, 6.45) is 8.74. The van der Waals surface area contributed by atoms with Gasteiger partial charge in [0.15, 0.2) is 5.76 Å². The molecule has 2 atom stereocenters. The number of nitrogens with zero attached hydrogens (tertiary/aromatic N) is 1. The second-order valence-electron chi connectivity index (χ2n) is 7.26. The summed E-state index contributed by atoms with van der Waals surface area (Å²) in [4.78, 5) is 27.1. The van der Waals surface area contributed by atoms with Crippen molar-refractivity contribution >= 4 is 17.5 Å². The molecule has 1 N–H and O–H groups in total. The van der Waals surface area contributed by atoms with E-state index < -0.39 is 0 Å². The zero-order valence-corrected chi connectivity index (χ0v) is 14.8. The number of carbonyl (C=O) groups is 2. The average Bonchev–Trinajstić information content (AvgIpc) is 3.23. The zero-order chi connectivity index (χ0) is 17.9. The van der Waals surface area contributed by atoms with E-state index in [0.717, 1.165) is 19.4 Å². The molecule has 1 saturated heterocycles. The third-order valence-electron chi connectivity index (χ3n) is 5.64. The molecule has 5 nitrogen and oxygen atoms in total. The molecule has 4 rings (SSSR count). The van der Waals surface area contributed by atoms with Crippen molar-refractivity contribution in [2.75, 3.05) is 11.9 Å². The molecule has 1 aromatic carbocycles. The Labute approximate surface area is 153 Å². The molecule has 1 aliphatic carbocycles. The Hall–Kier alpha value is -2.56. The molecule has 2 heterocycles. The topological polar surface area (TPSA) is 62.6 Å². The smallest absolute Gasteiger partial charge is 0.291 e. The van der Waals surface area contributed by atoms with Crippen molar-refractivity contribution in [1.82, 2.24) is 4.90 Å². The molecule has 2 aliphatic rings. The normalized spacial score (nSPS) is 22.5. The Morgan fingerprint density at radius 3 is 2.54 bits per heavy atom. The van der Waals surface area contributed by atoms with Gasteiger partial charge < -0.3 is 14.6 Å². The number of hydrogen-bond donors (Lipinski definition) is 1. The average molecular weight is 352 g/mol. The predicted molar refractivity (Wildman–Crippen MR) is 99.1 cm³/mol. The SMILES string of the molecule is O=C(Nc1ccc(C(=O)N2CCCC3CCCCC32)cc1)c1ccco1. The molecule has 136 valence electrons. The van der Waals surface area contributed by atoms with Crippen molar-refractivity contribution in [3.63, 3.8) is 0 Å². The van der Waals surface area contributed by atoms with Crippen molar-refractivity contribution in [1.29, 1.82) is 0 Å². The monoisotopic (exact) mass is 352 g/mol. The lowest BCUT2D eigenvalue weighted by Gasteiger charge is -2.44. The van der Waals surface area contributed by atoms with E-state index in [9.17, 15) is 9.59 Å². The fraction of sp³-hybridized carbons (Fsp3) is 0.429. The molecule has 2 fully saturated rings. The van der Waals surface area contributed by atoms with Gasteiger partial charge in [-0.25, -0.2) is 0 Å². The summed E-state index contributed by atoms with van der Waals surface area (Å²) in [7, 11) is 0. The van der Waals surface area contributed by atoms with Gasteiger partial charge in [-0.15, -0.1) is 0 Å². The maximum Gasteiger partial charge on any atom is 0.291 e. The van der Waals surface area contributed by atoms with E-state index in [2.05, 4.69) is 10.2 Å². The first kappa shape index (κ1) is 16.9. The van der Waals surface area contributed by atoms with Crippen molar-refractivity contribution in [3.05, 3.63) is 54.0 Å². The van der Waals surface area contributed by atoms with Crippen LogP contribution in [0.4, 0.5) is 5.69 Å². The summed E-state index contributed by atoms with van der Waals surface area (Å²) in [6.45, 7) is 0.858. The number of rotatable bonds is 3. The van der Waals surface area contributed by atoms with Crippen LogP contribution in [0.25, 0.3) is 0 Å². The highest BCUT2D eigenvalue weighted by atomic mass is 16.3. The predicted octanol–water partition coefficient (Wildman–Crippen LogP) is 4.33. The molecular weight excluding hydrogens is 328 g/mol. The number of carbonyl (C=O) groups excluding carboxylic acids is 2. The Morgan fingerprint density at radius 1 is 1.00 bits per heavy atom. The van der Waals surface area contributed by atoms with Gasteiger partial charge in [-0.1, -0.05) is 12.8 Å². The molecule has 1 saturated carbocycles. The number of anilines is 1. The Balaban J connectivity index is 1.44. The summed E-state index contributed by atoms with van der Waals surface area (Å²) in [5.74, 6) is 0.760. The van der Waals surface area contributed by atoms with Crippen LogP contribution >= 0.6 is 0 Å². The number of furan rings is 1. The fourth-order valence-electron chi connectivity index (χ4n) is 4.34. The summed E-state index contributed by atoms with van der Waals surface area (Å²) in [5.41, 5.74) is 1.34. The van der Waals surface area contributed by atoms with Crippen LogP contribution in [0.1, 0.15) is 59.4 Å². The second kappa shape index (κ2) is 7.36. The number of piperidine rings is 1. The lowest BCUT2D eigenvalue weighted by molar-refractivity contribution is 0.0390. The van der Waals surface area contributed by atoms with E-state index in [4.69, 9.17) is 4.42 Å². The van der Waals surface area contributed by atoms with Gasteiger partial charge in [0, 0.05) is 23.8 Å². The molecule has 2 unspecified atom stereocenters. The van der Waals surface area contributed by atoms with E-state index in [-0.39, 0.29) is 17.6 Å². The third-order valence-corrected chi connectivity index (χ3v) is 5.64. The molecule has 0 bridgehead atoms. The molecule has 1 aromatic heterocycles. The quantitative estimate of drug-likeness (QED) is 0.894. The van der Waals surface area contributed by atoms with Gasteiger partial charge in [0.05, 0.1) is 6.26 Å². The van der Waals surface area contributed by atoms with Gasteiger partial charge in [0.2, 0.25) is 0 Å². The van der Waals surface area contributed by atoms with Gasteiger partial charge in [-0.2, -0.15) is 0 Å². The standard InChI is InChI=1S/C21H24N2O3/c24-20(19-8-4-14-26-19)22-17-11-9-16(10-12-17)21(25)23-13-3-6-15-5-1-2-7-18(15)23/h4,8-12,14-15,18H,1-3,5-7,13H2,(H,22,24). The minimum atomic E-state index is -0.296. The molecule has 1 aliphatic heterocycles. The number of hydrogen-bond acceptors (Lipinski definition) is 3. The van der Waals surface area contributed by atoms with Crippen LogP contribution in [-0.4, -0.2) is 29.3 Å². The fourth-order valence-corrected chi connectivity index (χ4v) is 4.34. The second-order valence-corrected chi connectivity index (χ2v) is 7.26. The van der Waals surface area contributed by atoms with E-state index in [1.807, 2.05) is 0 Å².